The Morgan fingerprint density at radius 1 is 1.48 bits per heavy atom. The third-order valence-corrected chi connectivity index (χ3v) is 4.71. The number of rotatable bonds is 5. The number of carbonyl (C=O) groups is 1. The fourth-order valence-electron chi connectivity index (χ4n) is 2.86. The SMILES string of the molecule is CNC(=O)CN1CCC(CN(C)c2cnn(C)c(=O)c2Cl)CC1. The number of likely N-dealkylation sites (tertiary alicyclic amines) is 1. The Balaban J connectivity index is 1.90. The van der Waals surface area contributed by atoms with Gasteiger partial charge >= 0.3 is 0 Å². The zero-order valence-corrected chi connectivity index (χ0v) is 14.6. The van der Waals surface area contributed by atoms with E-state index in [1.54, 1.807) is 20.3 Å². The number of hydrogen-bond donors (Lipinski definition) is 1. The Kier molecular flexibility index (Phi) is 6.01. The van der Waals surface area contributed by atoms with Crippen LogP contribution in [-0.4, -0.2) is 60.9 Å². The summed E-state index contributed by atoms with van der Waals surface area (Å²) in [6.07, 6.45) is 3.68. The first kappa shape index (κ1) is 17.7. The fraction of sp³-hybridized carbons (Fsp3) is 0.667. The molecule has 0 radical (unpaired) electrons. The quantitative estimate of drug-likeness (QED) is 0.835. The van der Waals surface area contributed by atoms with Gasteiger partial charge in [-0.25, -0.2) is 4.68 Å². The standard InChI is InChI=1S/C15H24ClN5O2/c1-17-13(22)10-21-6-4-11(5-7-21)9-19(2)12-8-18-20(3)15(23)14(12)16/h8,11H,4-7,9-10H2,1-3H3,(H,17,22). The molecule has 7 nitrogen and oxygen atoms in total. The van der Waals surface area contributed by atoms with E-state index in [-0.39, 0.29) is 16.5 Å². The van der Waals surface area contributed by atoms with Crippen LogP contribution in [0.2, 0.25) is 5.02 Å². The molecule has 23 heavy (non-hydrogen) atoms. The van der Waals surface area contributed by atoms with E-state index in [9.17, 15) is 9.59 Å². The van der Waals surface area contributed by atoms with Crippen LogP contribution in [0.15, 0.2) is 11.0 Å². The Hall–Kier alpha value is -1.60. The van der Waals surface area contributed by atoms with Crippen molar-refractivity contribution in [2.24, 2.45) is 13.0 Å². The van der Waals surface area contributed by atoms with E-state index in [1.165, 1.54) is 4.68 Å². The summed E-state index contributed by atoms with van der Waals surface area (Å²) in [7, 11) is 5.17. The number of anilines is 1. The molecule has 1 fully saturated rings. The van der Waals surface area contributed by atoms with Crippen LogP contribution in [-0.2, 0) is 11.8 Å². The van der Waals surface area contributed by atoms with Crippen LogP contribution in [0.1, 0.15) is 12.8 Å². The molecule has 1 saturated heterocycles. The molecule has 1 aromatic heterocycles. The number of nitrogens with one attached hydrogen (secondary N) is 1. The predicted octanol–water partition coefficient (Wildman–Crippen LogP) is 0.328. The van der Waals surface area contributed by atoms with Crippen LogP contribution >= 0.6 is 11.6 Å². The van der Waals surface area contributed by atoms with Crippen LogP contribution in [0.25, 0.3) is 0 Å². The molecule has 1 aliphatic rings. The van der Waals surface area contributed by atoms with Crippen molar-refractivity contribution in [2.45, 2.75) is 12.8 Å². The number of aromatic nitrogens is 2. The second kappa shape index (κ2) is 7.79. The molecule has 1 amide bonds. The van der Waals surface area contributed by atoms with Crippen molar-refractivity contribution >= 4 is 23.2 Å². The third-order valence-electron chi connectivity index (χ3n) is 4.36. The van der Waals surface area contributed by atoms with Gasteiger partial charge in [0.25, 0.3) is 5.56 Å². The van der Waals surface area contributed by atoms with Gasteiger partial charge in [-0.05, 0) is 31.8 Å². The van der Waals surface area contributed by atoms with Gasteiger partial charge in [-0.3, -0.25) is 14.5 Å². The fourth-order valence-corrected chi connectivity index (χ4v) is 3.18. The highest BCUT2D eigenvalue weighted by Crippen LogP contribution is 2.24. The molecule has 1 aromatic rings. The maximum Gasteiger partial charge on any atom is 0.287 e. The molecule has 2 heterocycles. The van der Waals surface area contributed by atoms with Crippen molar-refractivity contribution in [3.8, 4) is 0 Å². The van der Waals surface area contributed by atoms with Gasteiger partial charge in [0.05, 0.1) is 18.4 Å². The molecule has 128 valence electrons. The van der Waals surface area contributed by atoms with E-state index in [1.807, 2.05) is 11.9 Å². The average molecular weight is 342 g/mol. The van der Waals surface area contributed by atoms with Crippen LogP contribution in [0.4, 0.5) is 5.69 Å². The van der Waals surface area contributed by atoms with Crippen LogP contribution in [0.3, 0.4) is 0 Å². The van der Waals surface area contributed by atoms with Gasteiger partial charge in [0.1, 0.15) is 5.02 Å². The number of likely N-dealkylation sites (N-methyl/N-ethyl adjacent to an activating group) is 1. The van der Waals surface area contributed by atoms with Crippen molar-refractivity contribution < 1.29 is 4.79 Å². The van der Waals surface area contributed by atoms with E-state index in [4.69, 9.17) is 11.6 Å². The van der Waals surface area contributed by atoms with Crippen molar-refractivity contribution in [3.05, 3.63) is 21.6 Å². The van der Waals surface area contributed by atoms with Gasteiger partial charge in [-0.2, -0.15) is 5.10 Å². The topological polar surface area (TPSA) is 70.5 Å². The number of nitrogens with zero attached hydrogens (tertiary/aromatic N) is 4. The predicted molar refractivity (Wildman–Crippen MR) is 91.0 cm³/mol. The lowest BCUT2D eigenvalue weighted by Gasteiger charge is -2.34. The van der Waals surface area contributed by atoms with E-state index in [2.05, 4.69) is 15.3 Å². The number of amides is 1. The lowest BCUT2D eigenvalue weighted by Crippen LogP contribution is -2.42. The molecule has 0 atom stereocenters. The summed E-state index contributed by atoms with van der Waals surface area (Å²) in [6, 6.07) is 0. The molecule has 0 spiro atoms. The molecular formula is C15H24ClN5O2. The zero-order chi connectivity index (χ0) is 17.0. The Labute approximate surface area is 141 Å². The van der Waals surface area contributed by atoms with E-state index < -0.39 is 0 Å². The first-order chi connectivity index (χ1) is 10.9. The maximum atomic E-state index is 11.9. The summed E-state index contributed by atoms with van der Waals surface area (Å²) >= 11 is 6.14. The monoisotopic (exact) mass is 341 g/mol. The number of carbonyl (C=O) groups excluding carboxylic acids is 1. The number of halogens is 1. The largest absolute Gasteiger partial charge is 0.372 e. The maximum absolute atomic E-state index is 11.9. The summed E-state index contributed by atoms with van der Waals surface area (Å²) in [4.78, 5) is 27.4. The van der Waals surface area contributed by atoms with E-state index in [0.717, 1.165) is 32.5 Å². The van der Waals surface area contributed by atoms with Gasteiger partial charge in [0, 0.05) is 27.7 Å². The molecular weight excluding hydrogens is 318 g/mol. The molecule has 8 heteroatoms. The smallest absolute Gasteiger partial charge is 0.287 e. The van der Waals surface area contributed by atoms with Crippen LogP contribution < -0.4 is 15.8 Å². The summed E-state index contributed by atoms with van der Waals surface area (Å²) in [5, 5.41) is 6.89. The van der Waals surface area contributed by atoms with Gasteiger partial charge in [0.15, 0.2) is 0 Å². The number of piperidine rings is 1. The zero-order valence-electron chi connectivity index (χ0n) is 13.9. The average Bonchev–Trinajstić information content (AvgIpc) is 2.54. The van der Waals surface area contributed by atoms with Crippen molar-refractivity contribution in [2.75, 3.05) is 45.2 Å². The molecule has 1 aliphatic heterocycles. The number of aryl methyl sites for hydroxylation is 1. The summed E-state index contributed by atoms with van der Waals surface area (Å²) in [5.74, 6) is 0.569. The highest BCUT2D eigenvalue weighted by molar-refractivity contribution is 6.33. The molecule has 0 aromatic carbocycles. The minimum Gasteiger partial charge on any atom is -0.372 e. The molecule has 0 saturated carbocycles. The van der Waals surface area contributed by atoms with Gasteiger partial charge < -0.3 is 10.2 Å². The highest BCUT2D eigenvalue weighted by atomic mass is 35.5. The molecule has 2 rings (SSSR count). The minimum absolute atomic E-state index is 0.0542. The summed E-state index contributed by atoms with van der Waals surface area (Å²) in [6.45, 7) is 3.11. The van der Waals surface area contributed by atoms with E-state index in [0.29, 0.717) is 18.2 Å². The second-order valence-corrected chi connectivity index (χ2v) is 6.42. The summed E-state index contributed by atoms with van der Waals surface area (Å²) < 4.78 is 1.23. The van der Waals surface area contributed by atoms with Gasteiger partial charge in [-0.15, -0.1) is 0 Å². The number of hydrogen-bond acceptors (Lipinski definition) is 5. The van der Waals surface area contributed by atoms with Crippen molar-refractivity contribution in [3.63, 3.8) is 0 Å². The Morgan fingerprint density at radius 3 is 2.74 bits per heavy atom. The molecule has 0 unspecified atom stereocenters. The van der Waals surface area contributed by atoms with Gasteiger partial charge in [0.2, 0.25) is 5.91 Å². The van der Waals surface area contributed by atoms with Crippen molar-refractivity contribution in [1.29, 1.82) is 0 Å². The Bertz CT molecular complexity index is 610. The second-order valence-electron chi connectivity index (χ2n) is 6.05. The summed E-state index contributed by atoms with van der Waals surface area (Å²) in [5.41, 5.74) is 0.388. The first-order valence-corrected chi connectivity index (χ1v) is 8.16. The van der Waals surface area contributed by atoms with Gasteiger partial charge in [-0.1, -0.05) is 11.6 Å². The Morgan fingerprint density at radius 2 is 2.13 bits per heavy atom. The molecule has 1 N–H and O–H groups in total. The third kappa shape index (κ3) is 4.45. The van der Waals surface area contributed by atoms with E-state index >= 15 is 0 Å². The first-order valence-electron chi connectivity index (χ1n) is 7.78. The normalized spacial score (nSPS) is 16.3. The minimum atomic E-state index is -0.281. The highest BCUT2D eigenvalue weighted by Gasteiger charge is 2.22. The lowest BCUT2D eigenvalue weighted by atomic mass is 9.96. The van der Waals surface area contributed by atoms with Crippen LogP contribution in [0, 0.1) is 5.92 Å². The van der Waals surface area contributed by atoms with Crippen LogP contribution in [0.5, 0.6) is 0 Å². The lowest BCUT2D eigenvalue weighted by molar-refractivity contribution is -0.122. The van der Waals surface area contributed by atoms with Crippen molar-refractivity contribution in [1.82, 2.24) is 20.0 Å². The molecule has 0 bridgehead atoms. The molecule has 0 aliphatic carbocycles.